The second-order valence-electron chi connectivity index (χ2n) is 4.05. The highest BCUT2D eigenvalue weighted by Crippen LogP contribution is 2.28. The Morgan fingerprint density at radius 1 is 1.50 bits per heavy atom. The first-order valence-corrected chi connectivity index (χ1v) is 5.64. The second kappa shape index (κ2) is 5.06. The van der Waals surface area contributed by atoms with Gasteiger partial charge in [-0.25, -0.2) is 5.01 Å². The highest BCUT2D eigenvalue weighted by molar-refractivity contribution is 5.30. The van der Waals surface area contributed by atoms with Crippen LogP contribution in [0.1, 0.15) is 36.4 Å². The monoisotopic (exact) mass is 216 g/mol. The van der Waals surface area contributed by atoms with Crippen LogP contribution in [0, 0.1) is 11.3 Å². The first-order valence-electron chi connectivity index (χ1n) is 5.64. The molecule has 0 spiro atoms. The number of nitrogens with zero attached hydrogens (tertiary/aromatic N) is 3. The van der Waals surface area contributed by atoms with Crippen LogP contribution in [0.4, 0.5) is 0 Å². The third-order valence-electron chi connectivity index (χ3n) is 3.06. The minimum atomic E-state index is 0.347. The Morgan fingerprint density at radius 2 is 2.38 bits per heavy atom. The maximum Gasteiger partial charge on any atom is 0.101 e. The Hall–Kier alpha value is -1.44. The van der Waals surface area contributed by atoms with Crippen LogP contribution in [-0.2, 0) is 0 Å². The molecule has 0 radical (unpaired) electrons. The van der Waals surface area contributed by atoms with E-state index in [-0.39, 0.29) is 0 Å². The van der Waals surface area contributed by atoms with E-state index in [9.17, 15) is 0 Å². The predicted molar refractivity (Wildman–Crippen MR) is 61.3 cm³/mol. The summed E-state index contributed by atoms with van der Waals surface area (Å²) in [7, 11) is 1.94. The van der Waals surface area contributed by atoms with Crippen molar-refractivity contribution in [1.29, 1.82) is 5.26 Å². The molecule has 1 aromatic rings. The quantitative estimate of drug-likeness (QED) is 0.816. The molecule has 0 saturated carbocycles. The summed E-state index contributed by atoms with van der Waals surface area (Å²) in [6.45, 7) is 1.05. The van der Waals surface area contributed by atoms with Gasteiger partial charge < -0.3 is 0 Å². The summed E-state index contributed by atoms with van der Waals surface area (Å²) in [5.74, 6) is 0. The molecule has 4 heteroatoms. The fourth-order valence-electron chi connectivity index (χ4n) is 2.25. The Bertz CT molecular complexity index is 396. The number of hydrogen-bond acceptors (Lipinski definition) is 4. The van der Waals surface area contributed by atoms with E-state index in [0.717, 1.165) is 18.5 Å². The van der Waals surface area contributed by atoms with Crippen LogP contribution in [0.2, 0.25) is 0 Å². The summed E-state index contributed by atoms with van der Waals surface area (Å²) >= 11 is 0. The van der Waals surface area contributed by atoms with Gasteiger partial charge in [0.15, 0.2) is 0 Å². The highest BCUT2D eigenvalue weighted by atomic mass is 15.5. The summed E-state index contributed by atoms with van der Waals surface area (Å²) in [5.41, 5.74) is 4.98. The fraction of sp³-hybridized carbons (Fsp3) is 0.500. The van der Waals surface area contributed by atoms with E-state index in [4.69, 9.17) is 5.26 Å². The molecule has 0 aromatic carbocycles. The lowest BCUT2D eigenvalue weighted by molar-refractivity contribution is 0.0982. The lowest BCUT2D eigenvalue weighted by Crippen LogP contribution is -2.41. The number of pyridine rings is 1. The largest absolute Gasteiger partial charge is 0.263 e. The maximum absolute atomic E-state index is 8.86. The summed E-state index contributed by atoms with van der Waals surface area (Å²) in [5, 5.41) is 11.1. The zero-order valence-corrected chi connectivity index (χ0v) is 9.48. The van der Waals surface area contributed by atoms with Crippen molar-refractivity contribution in [1.82, 2.24) is 15.4 Å². The Kier molecular flexibility index (Phi) is 3.50. The molecule has 1 fully saturated rings. The Morgan fingerprint density at radius 3 is 3.12 bits per heavy atom. The second-order valence-corrected chi connectivity index (χ2v) is 4.05. The van der Waals surface area contributed by atoms with E-state index in [0.29, 0.717) is 11.6 Å². The van der Waals surface area contributed by atoms with E-state index >= 15 is 0 Å². The van der Waals surface area contributed by atoms with Gasteiger partial charge in [0, 0.05) is 18.9 Å². The number of piperidine rings is 1. The maximum atomic E-state index is 8.86. The van der Waals surface area contributed by atoms with Crippen molar-refractivity contribution in [3.05, 3.63) is 29.6 Å². The van der Waals surface area contributed by atoms with E-state index in [1.807, 2.05) is 19.3 Å². The van der Waals surface area contributed by atoms with E-state index in [1.54, 1.807) is 6.20 Å². The van der Waals surface area contributed by atoms with Crippen LogP contribution < -0.4 is 5.43 Å². The lowest BCUT2D eigenvalue weighted by atomic mass is 9.97. The van der Waals surface area contributed by atoms with E-state index in [2.05, 4.69) is 21.5 Å². The van der Waals surface area contributed by atoms with Crippen molar-refractivity contribution in [3.8, 4) is 6.07 Å². The third kappa shape index (κ3) is 2.21. The summed E-state index contributed by atoms with van der Waals surface area (Å²) in [6.07, 6.45) is 7.05. The zero-order chi connectivity index (χ0) is 11.4. The molecule has 16 heavy (non-hydrogen) atoms. The fourth-order valence-corrected chi connectivity index (χ4v) is 2.25. The van der Waals surface area contributed by atoms with Gasteiger partial charge in [0.05, 0.1) is 11.6 Å². The van der Waals surface area contributed by atoms with Gasteiger partial charge in [0.1, 0.15) is 6.07 Å². The molecule has 0 bridgehead atoms. The molecule has 84 valence electrons. The van der Waals surface area contributed by atoms with Gasteiger partial charge in [-0.15, -0.1) is 0 Å². The van der Waals surface area contributed by atoms with Crippen molar-refractivity contribution >= 4 is 0 Å². The van der Waals surface area contributed by atoms with Crippen LogP contribution in [0.25, 0.3) is 0 Å². The van der Waals surface area contributed by atoms with Crippen molar-refractivity contribution in [2.45, 2.75) is 25.3 Å². The minimum absolute atomic E-state index is 0.347. The average Bonchev–Trinajstić information content (AvgIpc) is 2.38. The number of hydrazine groups is 1. The van der Waals surface area contributed by atoms with Gasteiger partial charge in [0.25, 0.3) is 0 Å². The molecule has 1 saturated heterocycles. The standard InChI is InChI=1S/C12H16N4/c1-14-16-5-3-2-4-12(16)11-6-10(7-13)8-15-9-11/h6,8-9,12,14H,2-5H2,1H3/t12-/m1/s1. The number of rotatable bonds is 2. The molecule has 0 aliphatic carbocycles. The SMILES string of the molecule is CNN1CCCC[C@@H]1c1cncc(C#N)c1. The van der Waals surface area contributed by atoms with E-state index in [1.165, 1.54) is 12.8 Å². The van der Waals surface area contributed by atoms with Crippen LogP contribution >= 0.6 is 0 Å². The molecule has 0 unspecified atom stereocenters. The topological polar surface area (TPSA) is 52.0 Å². The van der Waals surface area contributed by atoms with Gasteiger partial charge in [-0.3, -0.25) is 10.4 Å². The summed E-state index contributed by atoms with van der Waals surface area (Å²) in [4.78, 5) is 4.12. The molecular weight excluding hydrogens is 200 g/mol. The van der Waals surface area contributed by atoms with Crippen molar-refractivity contribution in [2.24, 2.45) is 0 Å². The van der Waals surface area contributed by atoms with Crippen LogP contribution in [0.3, 0.4) is 0 Å². The van der Waals surface area contributed by atoms with Crippen LogP contribution in [0.15, 0.2) is 18.5 Å². The van der Waals surface area contributed by atoms with Gasteiger partial charge in [0.2, 0.25) is 0 Å². The van der Waals surface area contributed by atoms with Gasteiger partial charge in [-0.1, -0.05) is 6.42 Å². The lowest BCUT2D eigenvalue weighted by Gasteiger charge is -2.34. The zero-order valence-electron chi connectivity index (χ0n) is 9.48. The molecule has 4 nitrogen and oxygen atoms in total. The predicted octanol–water partition coefficient (Wildman–Crippen LogP) is 1.61. The molecule has 2 heterocycles. The van der Waals surface area contributed by atoms with E-state index < -0.39 is 0 Å². The molecule has 2 rings (SSSR count). The average molecular weight is 216 g/mol. The Labute approximate surface area is 95.9 Å². The third-order valence-corrected chi connectivity index (χ3v) is 3.06. The number of nitrogens with one attached hydrogen (secondary N) is 1. The van der Waals surface area contributed by atoms with Crippen LogP contribution in [0.5, 0.6) is 0 Å². The molecular formula is C12H16N4. The molecule has 1 aromatic heterocycles. The van der Waals surface area contributed by atoms with Crippen molar-refractivity contribution in [3.63, 3.8) is 0 Å². The van der Waals surface area contributed by atoms with Gasteiger partial charge >= 0.3 is 0 Å². The minimum Gasteiger partial charge on any atom is -0.263 e. The van der Waals surface area contributed by atoms with Gasteiger partial charge in [-0.05, 0) is 31.5 Å². The summed E-state index contributed by atoms with van der Waals surface area (Å²) < 4.78 is 0. The Balaban J connectivity index is 2.24. The number of hydrogen-bond donors (Lipinski definition) is 1. The number of aromatic nitrogens is 1. The molecule has 1 aliphatic rings. The molecule has 1 aliphatic heterocycles. The normalized spacial score (nSPS) is 21.6. The van der Waals surface area contributed by atoms with Crippen LogP contribution in [-0.4, -0.2) is 23.6 Å². The smallest absolute Gasteiger partial charge is 0.101 e. The molecule has 1 N–H and O–H groups in total. The van der Waals surface area contributed by atoms with Crippen molar-refractivity contribution < 1.29 is 0 Å². The molecule has 0 amide bonds. The number of nitriles is 1. The molecule has 1 atom stereocenters. The first-order chi connectivity index (χ1) is 7.85. The van der Waals surface area contributed by atoms with Crippen molar-refractivity contribution in [2.75, 3.05) is 13.6 Å². The first kappa shape index (κ1) is 11.1. The highest BCUT2D eigenvalue weighted by Gasteiger charge is 2.23. The van der Waals surface area contributed by atoms with Gasteiger partial charge in [-0.2, -0.15) is 5.26 Å². The summed E-state index contributed by atoms with van der Waals surface area (Å²) in [6, 6.07) is 4.42.